The molecule has 1 aliphatic carbocycles. The molecule has 0 aliphatic heterocycles. The lowest BCUT2D eigenvalue weighted by atomic mass is 10.0. The number of hydrogen-bond acceptors (Lipinski definition) is 0. The molecule has 0 aromatic heterocycles. The summed E-state index contributed by atoms with van der Waals surface area (Å²) < 4.78 is 0. The van der Waals surface area contributed by atoms with Crippen molar-refractivity contribution in [2.45, 2.75) is 25.4 Å². The molecular weight excluding hydrogens is 199 g/mol. The summed E-state index contributed by atoms with van der Waals surface area (Å²) in [5, 5.41) is 1.76. The minimum absolute atomic E-state index is 0.310. The molecule has 1 aliphatic rings. The topological polar surface area (TPSA) is 0 Å². The van der Waals surface area contributed by atoms with E-state index in [1.807, 2.05) is 0 Å². The van der Waals surface area contributed by atoms with Gasteiger partial charge in [0.25, 0.3) is 0 Å². The van der Waals surface area contributed by atoms with E-state index in [-0.39, 0.29) is 0 Å². The maximum atomic E-state index is 2.34. The van der Waals surface area contributed by atoms with E-state index in [9.17, 15) is 0 Å². The summed E-state index contributed by atoms with van der Waals surface area (Å²) in [7, 11) is 0.857. The summed E-state index contributed by atoms with van der Waals surface area (Å²) >= 11 is 0. The van der Waals surface area contributed by atoms with E-state index in [4.69, 9.17) is 0 Å². The first kappa shape index (κ1) is 10.6. The summed E-state index contributed by atoms with van der Waals surface area (Å²) in [6.45, 7) is 4.69. The second kappa shape index (κ2) is 4.33. The first-order valence-corrected chi connectivity index (χ1v) is 6.38. The van der Waals surface area contributed by atoms with Crippen LogP contribution < -0.4 is 5.30 Å². The summed E-state index contributed by atoms with van der Waals surface area (Å²) in [5.41, 5.74) is 1.56. The van der Waals surface area contributed by atoms with E-state index in [1.165, 1.54) is 5.30 Å². The van der Waals surface area contributed by atoms with Crippen molar-refractivity contribution in [3.63, 3.8) is 0 Å². The fraction of sp³-hybridized carbons (Fsp3) is 0.286. The fourth-order valence-corrected chi connectivity index (χ4v) is 3.30. The molecule has 1 atom stereocenters. The lowest BCUT2D eigenvalue weighted by Crippen LogP contribution is -2.19. The van der Waals surface area contributed by atoms with Crippen LogP contribution in [0, 0.1) is 0 Å². The lowest BCUT2D eigenvalue weighted by molar-refractivity contribution is 0.810. The molecule has 0 spiro atoms. The monoisotopic (exact) mass is 216 g/mol. The van der Waals surface area contributed by atoms with Crippen LogP contribution in [-0.2, 0) is 0 Å². The molecule has 0 N–H and O–H groups in total. The van der Waals surface area contributed by atoms with Crippen molar-refractivity contribution >= 4 is 13.9 Å². The predicted molar refractivity (Wildman–Crippen MR) is 70.3 cm³/mol. The van der Waals surface area contributed by atoms with E-state index in [0.717, 1.165) is 15.0 Å². The summed E-state index contributed by atoms with van der Waals surface area (Å²) in [5.74, 6) is 0. The minimum Gasteiger partial charge on any atom is -0.0804 e. The van der Waals surface area contributed by atoms with Crippen molar-refractivity contribution in [3.8, 4) is 0 Å². The van der Waals surface area contributed by atoms with Crippen molar-refractivity contribution in [2.24, 2.45) is 0 Å². The maximum Gasteiger partial charge on any atom is 0.00761 e. The van der Waals surface area contributed by atoms with E-state index in [2.05, 4.69) is 62.4 Å². The third kappa shape index (κ3) is 2.58. The van der Waals surface area contributed by atoms with Crippen molar-refractivity contribution < 1.29 is 0 Å². The first-order chi connectivity index (χ1) is 7.18. The molecular formula is C14H17P. The second-order valence-electron chi connectivity index (χ2n) is 4.44. The van der Waals surface area contributed by atoms with E-state index in [0.29, 0.717) is 5.16 Å². The highest BCUT2D eigenvalue weighted by Gasteiger charge is 2.23. The molecule has 0 fully saturated rings. The lowest BCUT2D eigenvalue weighted by Gasteiger charge is -2.26. The molecule has 0 radical (unpaired) electrons. The number of allylic oxidation sites excluding steroid dienone is 4. The molecule has 78 valence electrons. The molecule has 0 heterocycles. The summed E-state index contributed by atoms with van der Waals surface area (Å²) in [6.07, 6.45) is 7.82. The highest BCUT2D eigenvalue weighted by molar-refractivity contribution is 7.49. The highest BCUT2D eigenvalue weighted by Crippen LogP contribution is 2.40. The molecule has 1 aromatic carbocycles. The van der Waals surface area contributed by atoms with Crippen LogP contribution in [0.3, 0.4) is 0 Å². The van der Waals surface area contributed by atoms with Gasteiger partial charge in [-0.15, -0.1) is 0 Å². The zero-order chi connectivity index (χ0) is 10.7. The second-order valence-corrected chi connectivity index (χ2v) is 6.52. The van der Waals surface area contributed by atoms with Crippen LogP contribution in [-0.4, -0.2) is 5.16 Å². The maximum absolute atomic E-state index is 2.34. The van der Waals surface area contributed by atoms with Gasteiger partial charge in [-0.05, 0) is 11.7 Å². The molecule has 0 nitrogen and oxygen atoms in total. The molecule has 15 heavy (non-hydrogen) atoms. The number of rotatable bonds is 3. The van der Waals surface area contributed by atoms with Crippen LogP contribution >= 0.6 is 8.58 Å². The highest BCUT2D eigenvalue weighted by atomic mass is 31.1. The van der Waals surface area contributed by atoms with Gasteiger partial charge in [-0.3, -0.25) is 0 Å². The average Bonchev–Trinajstić information content (AvgIpc) is 2.71. The third-order valence-corrected chi connectivity index (χ3v) is 4.37. The Morgan fingerprint density at radius 3 is 2.47 bits per heavy atom. The smallest absolute Gasteiger partial charge is 0.00761 e. The van der Waals surface area contributed by atoms with Gasteiger partial charge in [-0.1, -0.05) is 76.6 Å². The van der Waals surface area contributed by atoms with Crippen molar-refractivity contribution in [3.05, 3.63) is 54.1 Å². The molecule has 0 saturated heterocycles. The van der Waals surface area contributed by atoms with Crippen molar-refractivity contribution in [2.75, 3.05) is 0 Å². The largest absolute Gasteiger partial charge is 0.0804 e. The quantitative estimate of drug-likeness (QED) is 0.676. The Bertz CT molecular complexity index is 385. The van der Waals surface area contributed by atoms with Gasteiger partial charge in [0.1, 0.15) is 0 Å². The van der Waals surface area contributed by atoms with Crippen LogP contribution in [0.5, 0.6) is 0 Å². The van der Waals surface area contributed by atoms with E-state index in [1.54, 1.807) is 5.57 Å². The minimum atomic E-state index is 0.310. The Morgan fingerprint density at radius 1 is 1.13 bits per heavy atom. The zero-order valence-electron chi connectivity index (χ0n) is 9.33. The van der Waals surface area contributed by atoms with Gasteiger partial charge in [0, 0.05) is 5.16 Å². The molecule has 1 heteroatoms. The van der Waals surface area contributed by atoms with E-state index < -0.39 is 0 Å². The Morgan fingerprint density at radius 2 is 1.87 bits per heavy atom. The molecule has 1 aromatic rings. The summed E-state index contributed by atoms with van der Waals surface area (Å²) in [6, 6.07) is 10.8. The van der Waals surface area contributed by atoms with Gasteiger partial charge in [0.15, 0.2) is 0 Å². The summed E-state index contributed by atoms with van der Waals surface area (Å²) in [4.78, 5) is 0. The molecule has 0 saturated carbocycles. The third-order valence-electron chi connectivity index (χ3n) is 2.80. The normalized spacial score (nSPS) is 16.3. The standard InChI is InChI=1S/C14H17P/c1-14(2,12-8-6-7-9-12)15-13-10-4-3-5-11-13/h3-8,10-11,15H,9H2,1-2H3. The Balaban J connectivity index is 2.11. The van der Waals surface area contributed by atoms with Crippen LogP contribution in [0.2, 0.25) is 0 Å². The van der Waals surface area contributed by atoms with Crippen molar-refractivity contribution in [1.29, 1.82) is 0 Å². The van der Waals surface area contributed by atoms with Gasteiger partial charge in [-0.2, -0.15) is 0 Å². The van der Waals surface area contributed by atoms with Crippen LogP contribution in [0.15, 0.2) is 54.1 Å². The molecule has 0 bridgehead atoms. The SMILES string of the molecule is CC(C)(Pc1ccccc1)C1=CC=CC1. The van der Waals surface area contributed by atoms with Gasteiger partial charge in [0.05, 0.1) is 0 Å². The van der Waals surface area contributed by atoms with Crippen LogP contribution in [0.4, 0.5) is 0 Å². The zero-order valence-corrected chi connectivity index (χ0v) is 10.3. The number of hydrogen-bond donors (Lipinski definition) is 0. The average molecular weight is 216 g/mol. The molecule has 2 rings (SSSR count). The Hall–Kier alpha value is -0.870. The Kier molecular flexibility index (Phi) is 3.07. The predicted octanol–water partition coefficient (Wildman–Crippen LogP) is 3.66. The van der Waals surface area contributed by atoms with Crippen LogP contribution in [0.1, 0.15) is 20.3 Å². The number of benzene rings is 1. The first-order valence-electron chi connectivity index (χ1n) is 5.38. The fourth-order valence-electron chi connectivity index (χ4n) is 1.87. The van der Waals surface area contributed by atoms with Gasteiger partial charge in [-0.25, -0.2) is 0 Å². The molecule has 0 amide bonds. The van der Waals surface area contributed by atoms with Crippen LogP contribution in [0.25, 0.3) is 0 Å². The van der Waals surface area contributed by atoms with Gasteiger partial charge in [0.2, 0.25) is 0 Å². The van der Waals surface area contributed by atoms with Crippen molar-refractivity contribution in [1.82, 2.24) is 0 Å². The molecule has 1 unspecified atom stereocenters. The van der Waals surface area contributed by atoms with Gasteiger partial charge >= 0.3 is 0 Å². The van der Waals surface area contributed by atoms with E-state index >= 15 is 0 Å². The Labute approximate surface area is 93.9 Å². The van der Waals surface area contributed by atoms with Gasteiger partial charge < -0.3 is 0 Å².